The number of carbonyl (C=O) groups is 2. The van der Waals surface area contributed by atoms with Crippen LogP contribution in [0.5, 0.6) is 0 Å². The summed E-state index contributed by atoms with van der Waals surface area (Å²) in [4.78, 5) is 22.1. The highest BCUT2D eigenvalue weighted by atomic mass is 16.4. The van der Waals surface area contributed by atoms with Gasteiger partial charge in [-0.1, -0.05) is 96.8 Å². The fourth-order valence-corrected chi connectivity index (χ4v) is 2.98. The number of hydrogen-bond acceptors (Lipinski definition) is 2. The fraction of sp³-hybridized carbons (Fsp3) is 0.900. The molecule has 2 N–H and O–H groups in total. The summed E-state index contributed by atoms with van der Waals surface area (Å²) in [5, 5.41) is 18.1. The van der Waals surface area contributed by atoms with Crippen LogP contribution in [0.4, 0.5) is 0 Å². The molecule has 0 saturated carbocycles. The Morgan fingerprint density at radius 1 is 0.625 bits per heavy atom. The number of aliphatic carboxylic acids is 2. The van der Waals surface area contributed by atoms with Crippen LogP contribution in [0.25, 0.3) is 0 Å². The summed E-state index contributed by atoms with van der Waals surface area (Å²) in [5.74, 6) is -2.46. The summed E-state index contributed by atoms with van der Waals surface area (Å²) in [6.07, 6.45) is 17.5. The average Bonchev–Trinajstić information content (AvgIpc) is 2.54. The van der Waals surface area contributed by atoms with Crippen molar-refractivity contribution in [2.24, 2.45) is 5.41 Å². The summed E-state index contributed by atoms with van der Waals surface area (Å²) >= 11 is 0. The second kappa shape index (κ2) is 14.3. The first-order valence-corrected chi connectivity index (χ1v) is 9.92. The smallest absolute Gasteiger partial charge is 0.320 e. The Labute approximate surface area is 148 Å². The fourth-order valence-electron chi connectivity index (χ4n) is 2.98. The van der Waals surface area contributed by atoms with Gasteiger partial charge in [-0.05, 0) is 13.3 Å². The molecule has 0 fully saturated rings. The molecule has 0 radical (unpaired) electrons. The quantitative estimate of drug-likeness (QED) is 0.250. The van der Waals surface area contributed by atoms with Gasteiger partial charge in [0, 0.05) is 0 Å². The van der Waals surface area contributed by atoms with Gasteiger partial charge >= 0.3 is 11.9 Å². The molecule has 4 heteroatoms. The van der Waals surface area contributed by atoms with Gasteiger partial charge in [0.1, 0.15) is 0 Å². The molecule has 0 rings (SSSR count). The molecule has 0 aromatic heterocycles. The third-order valence-electron chi connectivity index (χ3n) is 4.97. The van der Waals surface area contributed by atoms with E-state index in [1.54, 1.807) is 0 Å². The van der Waals surface area contributed by atoms with Crippen LogP contribution in [-0.2, 0) is 9.59 Å². The minimum Gasteiger partial charge on any atom is -0.480 e. The van der Waals surface area contributed by atoms with E-state index < -0.39 is 17.4 Å². The highest BCUT2D eigenvalue weighted by Crippen LogP contribution is 2.25. The molecule has 0 saturated heterocycles. The molecule has 0 heterocycles. The van der Waals surface area contributed by atoms with E-state index in [2.05, 4.69) is 6.92 Å². The van der Waals surface area contributed by atoms with Gasteiger partial charge in [0.05, 0.1) is 0 Å². The molecule has 0 aliphatic rings. The SMILES string of the molecule is CCCCCCCCCCCCCCCCC(C)(C(=O)O)C(=O)O. The Hall–Kier alpha value is -1.06. The van der Waals surface area contributed by atoms with Gasteiger partial charge in [0.15, 0.2) is 5.41 Å². The van der Waals surface area contributed by atoms with E-state index in [-0.39, 0.29) is 6.42 Å². The maximum Gasteiger partial charge on any atom is 0.320 e. The van der Waals surface area contributed by atoms with Gasteiger partial charge in [0.25, 0.3) is 0 Å². The van der Waals surface area contributed by atoms with Crippen molar-refractivity contribution in [2.45, 2.75) is 110 Å². The second-order valence-electron chi connectivity index (χ2n) is 7.29. The zero-order valence-electron chi connectivity index (χ0n) is 15.8. The van der Waals surface area contributed by atoms with E-state index in [9.17, 15) is 9.59 Å². The molecule has 0 unspecified atom stereocenters. The summed E-state index contributed by atoms with van der Waals surface area (Å²) < 4.78 is 0. The van der Waals surface area contributed by atoms with Crippen LogP contribution in [0.3, 0.4) is 0 Å². The molecule has 0 aliphatic heterocycles. The van der Waals surface area contributed by atoms with Crippen molar-refractivity contribution in [1.29, 1.82) is 0 Å². The standard InChI is InChI=1S/C20H38O4/c1-3-4-5-6-7-8-9-10-11-12-13-14-15-16-17-20(2,18(21)22)19(23)24/h3-17H2,1-2H3,(H,21,22)(H,23,24). The number of unbranched alkanes of at least 4 members (excludes halogenated alkanes) is 13. The predicted octanol–water partition coefficient (Wildman–Crippen LogP) is 6.03. The lowest BCUT2D eigenvalue weighted by Gasteiger charge is -2.19. The molecule has 0 spiro atoms. The van der Waals surface area contributed by atoms with Gasteiger partial charge in [0.2, 0.25) is 0 Å². The minimum absolute atomic E-state index is 0.218. The number of carboxylic acid groups (broad SMARTS) is 2. The van der Waals surface area contributed by atoms with Crippen LogP contribution in [-0.4, -0.2) is 22.2 Å². The Bertz CT molecular complexity index is 325. The molecule has 142 valence electrons. The lowest BCUT2D eigenvalue weighted by atomic mass is 9.85. The predicted molar refractivity (Wildman–Crippen MR) is 98.3 cm³/mol. The zero-order valence-corrected chi connectivity index (χ0v) is 15.8. The van der Waals surface area contributed by atoms with Gasteiger partial charge < -0.3 is 10.2 Å². The lowest BCUT2D eigenvalue weighted by molar-refractivity contribution is -0.163. The molecule has 0 atom stereocenters. The third kappa shape index (κ3) is 10.7. The normalized spacial score (nSPS) is 11.6. The molecule has 0 aromatic carbocycles. The van der Waals surface area contributed by atoms with E-state index >= 15 is 0 Å². The van der Waals surface area contributed by atoms with Gasteiger partial charge in [-0.15, -0.1) is 0 Å². The molecular formula is C20H38O4. The first-order valence-electron chi connectivity index (χ1n) is 9.92. The van der Waals surface area contributed by atoms with Crippen LogP contribution in [0.2, 0.25) is 0 Å². The molecule has 24 heavy (non-hydrogen) atoms. The Kier molecular flexibility index (Phi) is 13.7. The maximum absolute atomic E-state index is 11.0. The van der Waals surface area contributed by atoms with E-state index in [4.69, 9.17) is 10.2 Å². The molecule has 4 nitrogen and oxygen atoms in total. The number of rotatable bonds is 17. The van der Waals surface area contributed by atoms with Gasteiger partial charge in [-0.25, -0.2) is 0 Å². The Morgan fingerprint density at radius 3 is 1.21 bits per heavy atom. The van der Waals surface area contributed by atoms with Crippen LogP contribution in [0, 0.1) is 5.41 Å². The summed E-state index contributed by atoms with van der Waals surface area (Å²) in [6.45, 7) is 3.55. The zero-order chi connectivity index (χ0) is 18.3. The van der Waals surface area contributed by atoms with E-state index in [0.29, 0.717) is 6.42 Å². The van der Waals surface area contributed by atoms with E-state index in [0.717, 1.165) is 12.8 Å². The molecule has 0 aromatic rings. The largest absolute Gasteiger partial charge is 0.480 e. The average molecular weight is 343 g/mol. The van der Waals surface area contributed by atoms with Crippen LogP contribution in [0.15, 0.2) is 0 Å². The van der Waals surface area contributed by atoms with Crippen molar-refractivity contribution in [1.82, 2.24) is 0 Å². The topological polar surface area (TPSA) is 74.6 Å². The summed E-state index contributed by atoms with van der Waals surface area (Å²) in [6, 6.07) is 0. The molecular weight excluding hydrogens is 304 g/mol. The van der Waals surface area contributed by atoms with Crippen molar-refractivity contribution in [3.05, 3.63) is 0 Å². The van der Waals surface area contributed by atoms with Crippen molar-refractivity contribution < 1.29 is 19.8 Å². The first kappa shape index (κ1) is 22.9. The molecule has 0 amide bonds. The molecule has 0 aliphatic carbocycles. The first-order chi connectivity index (χ1) is 11.4. The minimum atomic E-state index is -1.63. The summed E-state index contributed by atoms with van der Waals surface area (Å²) in [5.41, 5.74) is -1.63. The maximum atomic E-state index is 11.0. The highest BCUT2D eigenvalue weighted by molar-refractivity contribution is 5.97. The Morgan fingerprint density at radius 2 is 0.917 bits per heavy atom. The second-order valence-corrected chi connectivity index (χ2v) is 7.29. The van der Waals surface area contributed by atoms with Crippen molar-refractivity contribution in [3.8, 4) is 0 Å². The van der Waals surface area contributed by atoms with Crippen molar-refractivity contribution in [2.75, 3.05) is 0 Å². The summed E-state index contributed by atoms with van der Waals surface area (Å²) in [7, 11) is 0. The van der Waals surface area contributed by atoms with Crippen LogP contribution < -0.4 is 0 Å². The highest BCUT2D eigenvalue weighted by Gasteiger charge is 2.40. The Balaban J connectivity index is 3.40. The lowest BCUT2D eigenvalue weighted by Crippen LogP contribution is -2.36. The van der Waals surface area contributed by atoms with E-state index in [1.807, 2.05) is 0 Å². The van der Waals surface area contributed by atoms with Gasteiger partial charge in [-0.3, -0.25) is 9.59 Å². The van der Waals surface area contributed by atoms with Crippen LogP contribution in [0.1, 0.15) is 110 Å². The van der Waals surface area contributed by atoms with Crippen LogP contribution >= 0.6 is 0 Å². The van der Waals surface area contributed by atoms with Crippen molar-refractivity contribution in [3.63, 3.8) is 0 Å². The number of hydrogen-bond donors (Lipinski definition) is 2. The number of carboxylic acids is 2. The molecule has 0 bridgehead atoms. The monoisotopic (exact) mass is 342 g/mol. The third-order valence-corrected chi connectivity index (χ3v) is 4.97. The van der Waals surface area contributed by atoms with E-state index in [1.165, 1.54) is 77.6 Å². The van der Waals surface area contributed by atoms with Gasteiger partial charge in [-0.2, -0.15) is 0 Å². The van der Waals surface area contributed by atoms with Crippen molar-refractivity contribution >= 4 is 11.9 Å².